The maximum absolute atomic E-state index is 12.6. The Kier molecular flexibility index (Phi) is 5.22. The van der Waals surface area contributed by atoms with Crippen molar-refractivity contribution in [2.45, 2.75) is 26.8 Å². The van der Waals surface area contributed by atoms with Crippen LogP contribution in [0.2, 0.25) is 0 Å². The van der Waals surface area contributed by atoms with E-state index in [0.717, 1.165) is 11.1 Å². The lowest BCUT2D eigenvalue weighted by molar-refractivity contribution is -0.930. The molecule has 0 aromatic carbocycles. The van der Waals surface area contributed by atoms with Crippen molar-refractivity contribution in [1.29, 1.82) is 0 Å². The third-order valence-electron chi connectivity index (χ3n) is 4.85. The topological polar surface area (TPSA) is 72.5 Å². The standard InChI is InChI=1S/C17H28N6O2/c1-12-8-18-19-17(12)22-9-13(2)14(3)23(22,10-15(24)20(4)5)11-16(25)21(6)7/h8,14H,10-11H2,1-7H3,(H,18,19)/q+1/t14-/m0/s1. The van der Waals surface area contributed by atoms with E-state index in [2.05, 4.69) is 16.4 Å². The zero-order chi connectivity index (χ0) is 18.9. The van der Waals surface area contributed by atoms with Crippen LogP contribution in [0.5, 0.6) is 0 Å². The van der Waals surface area contributed by atoms with E-state index in [-0.39, 0.29) is 35.5 Å². The van der Waals surface area contributed by atoms with Gasteiger partial charge in [-0.15, -0.1) is 0 Å². The second kappa shape index (κ2) is 6.87. The zero-order valence-electron chi connectivity index (χ0n) is 16.1. The number of likely N-dealkylation sites (N-methyl/N-ethyl adjacent to an activating group) is 2. The molecule has 2 rings (SSSR count). The Labute approximate surface area is 149 Å². The first-order valence-electron chi connectivity index (χ1n) is 8.28. The molecule has 1 atom stereocenters. The molecule has 1 N–H and O–H groups in total. The molecule has 0 bridgehead atoms. The highest BCUT2D eigenvalue weighted by Crippen LogP contribution is 2.35. The molecule has 1 aliphatic rings. The van der Waals surface area contributed by atoms with Gasteiger partial charge in [-0.1, -0.05) is 0 Å². The lowest BCUT2D eigenvalue weighted by Gasteiger charge is -2.43. The predicted molar refractivity (Wildman–Crippen MR) is 95.1 cm³/mol. The minimum Gasteiger partial charge on any atom is -0.344 e. The molecule has 0 spiro atoms. The van der Waals surface area contributed by atoms with Crippen LogP contribution in [-0.2, 0) is 9.59 Å². The van der Waals surface area contributed by atoms with Crippen LogP contribution in [-0.4, -0.2) is 83.7 Å². The molecule has 0 fully saturated rings. The van der Waals surface area contributed by atoms with Crippen LogP contribution in [0.1, 0.15) is 19.4 Å². The summed E-state index contributed by atoms with van der Waals surface area (Å²) in [5.41, 5.74) is 1.92. The average Bonchev–Trinajstić information content (AvgIpc) is 3.04. The third-order valence-corrected chi connectivity index (χ3v) is 4.85. The van der Waals surface area contributed by atoms with Crippen LogP contribution in [0.3, 0.4) is 0 Å². The molecule has 8 heteroatoms. The number of rotatable bonds is 5. The highest BCUT2D eigenvalue weighted by Gasteiger charge is 2.51. The van der Waals surface area contributed by atoms with Crippen molar-refractivity contribution >= 4 is 17.6 Å². The van der Waals surface area contributed by atoms with Crippen molar-refractivity contribution in [3.05, 3.63) is 23.5 Å². The number of amides is 2. The summed E-state index contributed by atoms with van der Waals surface area (Å²) in [6, 6.07) is -0.0658. The highest BCUT2D eigenvalue weighted by molar-refractivity contribution is 5.79. The molecule has 2 amide bonds. The van der Waals surface area contributed by atoms with Crippen molar-refractivity contribution in [3.63, 3.8) is 0 Å². The summed E-state index contributed by atoms with van der Waals surface area (Å²) in [5, 5.41) is 9.02. The summed E-state index contributed by atoms with van der Waals surface area (Å²) < 4.78 is 0.131. The SMILES string of the molecule is CC1=[C]N(c2n[nH]cc2C)[N+](CC(=O)N(C)C)(CC(=O)N(C)C)[C@H]1C. The van der Waals surface area contributed by atoms with Gasteiger partial charge in [-0.2, -0.15) is 14.7 Å². The van der Waals surface area contributed by atoms with Crippen LogP contribution in [0.25, 0.3) is 0 Å². The van der Waals surface area contributed by atoms with Crippen molar-refractivity contribution < 1.29 is 14.2 Å². The van der Waals surface area contributed by atoms with Crippen molar-refractivity contribution in [1.82, 2.24) is 20.0 Å². The summed E-state index contributed by atoms with van der Waals surface area (Å²) in [6.07, 6.45) is 5.12. The summed E-state index contributed by atoms with van der Waals surface area (Å²) in [6.45, 7) is 6.25. The summed E-state index contributed by atoms with van der Waals surface area (Å²) in [5.74, 6) is 0.586. The number of H-pyrrole nitrogens is 1. The molecule has 0 saturated heterocycles. The van der Waals surface area contributed by atoms with Gasteiger partial charge in [0.2, 0.25) is 5.82 Å². The Morgan fingerprint density at radius 2 is 1.72 bits per heavy atom. The molecule has 137 valence electrons. The van der Waals surface area contributed by atoms with E-state index in [1.54, 1.807) is 44.2 Å². The van der Waals surface area contributed by atoms with E-state index in [1.165, 1.54) is 0 Å². The first-order chi connectivity index (χ1) is 11.6. The average molecular weight is 348 g/mol. The van der Waals surface area contributed by atoms with Gasteiger partial charge in [-0.3, -0.25) is 14.7 Å². The summed E-state index contributed by atoms with van der Waals surface area (Å²) >= 11 is 0. The van der Waals surface area contributed by atoms with Gasteiger partial charge in [0.1, 0.15) is 12.2 Å². The van der Waals surface area contributed by atoms with Gasteiger partial charge >= 0.3 is 0 Å². The molecule has 1 aromatic rings. The Balaban J connectivity index is 2.54. The van der Waals surface area contributed by atoms with Gasteiger partial charge in [0.15, 0.2) is 13.1 Å². The fourth-order valence-electron chi connectivity index (χ4n) is 2.92. The molecule has 0 unspecified atom stereocenters. The number of carbonyl (C=O) groups is 2. The molecule has 2 heterocycles. The molecule has 0 aliphatic carbocycles. The van der Waals surface area contributed by atoms with Crippen LogP contribution in [0.15, 0.2) is 11.8 Å². The Hall–Kier alpha value is -2.35. The van der Waals surface area contributed by atoms with E-state index in [0.29, 0.717) is 5.82 Å². The molecule has 25 heavy (non-hydrogen) atoms. The van der Waals surface area contributed by atoms with Crippen molar-refractivity contribution in [3.8, 4) is 0 Å². The van der Waals surface area contributed by atoms with E-state index in [9.17, 15) is 9.59 Å². The van der Waals surface area contributed by atoms with Crippen molar-refractivity contribution in [2.75, 3.05) is 46.3 Å². The smallest absolute Gasteiger partial charge is 0.279 e. The number of aryl methyl sites for hydroxylation is 1. The largest absolute Gasteiger partial charge is 0.344 e. The fourth-order valence-corrected chi connectivity index (χ4v) is 2.92. The number of hydrogen-bond acceptors (Lipinski definition) is 4. The lowest BCUT2D eigenvalue weighted by atomic mass is 10.1. The lowest BCUT2D eigenvalue weighted by Crippen LogP contribution is -2.66. The van der Waals surface area contributed by atoms with Crippen LogP contribution in [0, 0.1) is 13.1 Å². The number of quaternary nitrogens is 1. The van der Waals surface area contributed by atoms with Gasteiger partial charge in [-0.25, -0.2) is 0 Å². The second-order valence-electron chi connectivity index (χ2n) is 7.05. The number of hydrogen-bond donors (Lipinski definition) is 1. The van der Waals surface area contributed by atoms with E-state index >= 15 is 0 Å². The maximum Gasteiger partial charge on any atom is 0.279 e. The number of aromatic nitrogens is 2. The predicted octanol–water partition coefficient (Wildman–Crippen LogP) is 0.542. The molecular weight excluding hydrogens is 320 g/mol. The van der Waals surface area contributed by atoms with Gasteiger partial charge < -0.3 is 9.80 Å². The monoisotopic (exact) mass is 348 g/mol. The Bertz CT molecular complexity index is 669. The number of aromatic amines is 1. The molecule has 1 aliphatic heterocycles. The first kappa shape index (κ1) is 19.0. The molecule has 1 aromatic heterocycles. The van der Waals surface area contributed by atoms with E-state index in [1.807, 2.05) is 25.8 Å². The Morgan fingerprint density at radius 1 is 1.20 bits per heavy atom. The molecule has 1 radical (unpaired) electrons. The van der Waals surface area contributed by atoms with Gasteiger partial charge in [0, 0.05) is 45.5 Å². The van der Waals surface area contributed by atoms with Crippen molar-refractivity contribution in [2.24, 2.45) is 0 Å². The quantitative estimate of drug-likeness (QED) is 0.789. The first-order valence-corrected chi connectivity index (χ1v) is 8.28. The summed E-state index contributed by atoms with van der Waals surface area (Å²) in [7, 11) is 6.89. The van der Waals surface area contributed by atoms with Crippen LogP contribution in [0.4, 0.5) is 5.82 Å². The highest BCUT2D eigenvalue weighted by atomic mass is 16.2. The number of nitrogens with one attached hydrogen (secondary N) is 1. The van der Waals surface area contributed by atoms with E-state index < -0.39 is 0 Å². The number of anilines is 1. The van der Waals surface area contributed by atoms with E-state index in [4.69, 9.17) is 0 Å². The fraction of sp³-hybridized carbons (Fsp3) is 0.588. The molecule has 8 nitrogen and oxygen atoms in total. The molecule has 0 saturated carbocycles. The third kappa shape index (κ3) is 3.39. The number of nitrogens with zero attached hydrogens (tertiary/aromatic N) is 5. The van der Waals surface area contributed by atoms with Gasteiger partial charge in [-0.05, 0) is 20.8 Å². The number of carbonyl (C=O) groups excluding carboxylic acids is 2. The van der Waals surface area contributed by atoms with Gasteiger partial charge in [0.05, 0.1) is 0 Å². The minimum absolute atomic E-state index is 0.0481. The normalized spacial score (nSPS) is 18.9. The Morgan fingerprint density at radius 3 is 2.12 bits per heavy atom. The summed E-state index contributed by atoms with van der Waals surface area (Å²) in [4.78, 5) is 28.3. The zero-order valence-corrected chi connectivity index (χ0v) is 16.1. The minimum atomic E-state index is -0.0658. The second-order valence-corrected chi connectivity index (χ2v) is 7.05. The maximum atomic E-state index is 12.6. The van der Waals surface area contributed by atoms with Gasteiger partial charge in [0.25, 0.3) is 11.8 Å². The molecular formula is C17H28N6O2+. The van der Waals surface area contributed by atoms with Crippen LogP contribution >= 0.6 is 0 Å². The van der Waals surface area contributed by atoms with Crippen LogP contribution < -0.4 is 5.01 Å².